The summed E-state index contributed by atoms with van der Waals surface area (Å²) in [5, 5.41) is 10.5. The van der Waals surface area contributed by atoms with Crippen LogP contribution in [0.2, 0.25) is 0 Å². The molecular weight excluding hydrogens is 402 g/mol. The summed E-state index contributed by atoms with van der Waals surface area (Å²) in [6, 6.07) is 12.9. The van der Waals surface area contributed by atoms with Gasteiger partial charge in [0.1, 0.15) is 5.75 Å². The number of fused-ring (bicyclic) bond motifs is 1. The number of methoxy groups -OCH3 is 1. The van der Waals surface area contributed by atoms with Crippen molar-refractivity contribution in [3.8, 4) is 11.8 Å². The number of nitrogens with zero attached hydrogens (tertiary/aromatic N) is 2. The van der Waals surface area contributed by atoms with E-state index in [0.717, 1.165) is 28.5 Å². The molecular formula is C22H19N3O4S. The third-order valence-electron chi connectivity index (χ3n) is 5.32. The SMILES string of the molecule is COc1ccc(CC2SC(=O)NC2=O)c2c1N(Cc1ccc(C#N)cc1)C(=O)CC2. The van der Waals surface area contributed by atoms with E-state index in [-0.39, 0.29) is 17.1 Å². The zero-order valence-electron chi connectivity index (χ0n) is 16.3. The van der Waals surface area contributed by atoms with Crippen LogP contribution in [0.4, 0.5) is 10.5 Å². The van der Waals surface area contributed by atoms with Crippen LogP contribution in [-0.2, 0) is 29.0 Å². The number of carbonyl (C=O) groups is 3. The molecule has 1 unspecified atom stereocenters. The molecule has 0 saturated carbocycles. The molecule has 2 heterocycles. The number of nitriles is 1. The average Bonchev–Trinajstić information content (AvgIpc) is 3.07. The molecule has 30 heavy (non-hydrogen) atoms. The topological polar surface area (TPSA) is 99.5 Å². The molecule has 1 saturated heterocycles. The Hall–Kier alpha value is -3.31. The average molecular weight is 421 g/mol. The number of rotatable bonds is 5. The van der Waals surface area contributed by atoms with Crippen molar-refractivity contribution in [2.24, 2.45) is 0 Å². The van der Waals surface area contributed by atoms with Crippen molar-refractivity contribution in [1.82, 2.24) is 5.32 Å². The Labute approximate surface area is 178 Å². The van der Waals surface area contributed by atoms with Crippen molar-refractivity contribution >= 4 is 34.5 Å². The van der Waals surface area contributed by atoms with E-state index in [9.17, 15) is 14.4 Å². The molecule has 7 nitrogen and oxygen atoms in total. The van der Waals surface area contributed by atoms with Crippen LogP contribution in [0.3, 0.4) is 0 Å². The molecule has 8 heteroatoms. The lowest BCUT2D eigenvalue weighted by molar-refractivity contribution is -0.119. The molecule has 2 aromatic carbocycles. The van der Waals surface area contributed by atoms with Crippen LogP contribution in [0, 0.1) is 11.3 Å². The van der Waals surface area contributed by atoms with E-state index in [1.54, 1.807) is 30.2 Å². The molecule has 1 N–H and O–H groups in total. The van der Waals surface area contributed by atoms with Gasteiger partial charge < -0.3 is 9.64 Å². The van der Waals surface area contributed by atoms with Crippen molar-refractivity contribution < 1.29 is 19.1 Å². The van der Waals surface area contributed by atoms with Crippen LogP contribution >= 0.6 is 11.8 Å². The number of imide groups is 1. The Morgan fingerprint density at radius 1 is 1.17 bits per heavy atom. The number of hydrogen-bond acceptors (Lipinski definition) is 6. The number of amides is 3. The second-order valence-electron chi connectivity index (χ2n) is 7.13. The van der Waals surface area contributed by atoms with E-state index in [2.05, 4.69) is 11.4 Å². The summed E-state index contributed by atoms with van der Waals surface area (Å²) in [4.78, 5) is 38.1. The molecule has 2 aliphatic heterocycles. The van der Waals surface area contributed by atoms with Crippen LogP contribution < -0.4 is 15.0 Å². The second-order valence-corrected chi connectivity index (χ2v) is 8.31. The van der Waals surface area contributed by atoms with Crippen LogP contribution in [0.25, 0.3) is 0 Å². The van der Waals surface area contributed by atoms with Crippen LogP contribution in [0.15, 0.2) is 36.4 Å². The number of carbonyl (C=O) groups excluding carboxylic acids is 3. The van der Waals surface area contributed by atoms with Gasteiger partial charge in [0.15, 0.2) is 0 Å². The zero-order chi connectivity index (χ0) is 21.3. The first-order valence-corrected chi connectivity index (χ1v) is 10.4. The van der Waals surface area contributed by atoms with Gasteiger partial charge in [-0.2, -0.15) is 5.26 Å². The van der Waals surface area contributed by atoms with Crippen molar-refractivity contribution in [3.63, 3.8) is 0 Å². The molecule has 2 aromatic rings. The van der Waals surface area contributed by atoms with E-state index in [4.69, 9.17) is 10.00 Å². The third-order valence-corrected chi connectivity index (χ3v) is 6.30. The molecule has 3 amide bonds. The number of benzene rings is 2. The normalized spacial score (nSPS) is 18.1. The summed E-state index contributed by atoms with van der Waals surface area (Å²) in [5.74, 6) is 0.302. The second kappa shape index (κ2) is 8.20. The fourth-order valence-corrected chi connectivity index (χ4v) is 4.69. The number of ether oxygens (including phenoxy) is 1. The highest BCUT2D eigenvalue weighted by Gasteiger charge is 2.34. The smallest absolute Gasteiger partial charge is 0.286 e. The van der Waals surface area contributed by atoms with Gasteiger partial charge in [-0.1, -0.05) is 30.0 Å². The lowest BCUT2D eigenvalue weighted by Gasteiger charge is -2.32. The van der Waals surface area contributed by atoms with E-state index >= 15 is 0 Å². The Kier molecular flexibility index (Phi) is 5.46. The van der Waals surface area contributed by atoms with Gasteiger partial charge >= 0.3 is 0 Å². The summed E-state index contributed by atoms with van der Waals surface area (Å²) in [7, 11) is 1.56. The Balaban J connectivity index is 1.70. The molecule has 0 spiro atoms. The highest BCUT2D eigenvalue weighted by atomic mass is 32.2. The summed E-state index contributed by atoms with van der Waals surface area (Å²) in [6.45, 7) is 0.356. The van der Waals surface area contributed by atoms with Gasteiger partial charge in [-0.25, -0.2) is 0 Å². The van der Waals surface area contributed by atoms with Gasteiger partial charge in [-0.3, -0.25) is 19.7 Å². The van der Waals surface area contributed by atoms with Gasteiger partial charge in [0.05, 0.1) is 36.2 Å². The predicted octanol–water partition coefficient (Wildman–Crippen LogP) is 2.94. The van der Waals surface area contributed by atoms with Crippen LogP contribution in [-0.4, -0.2) is 29.4 Å². The molecule has 152 valence electrons. The highest BCUT2D eigenvalue weighted by molar-refractivity contribution is 8.15. The first-order chi connectivity index (χ1) is 14.5. The molecule has 1 atom stereocenters. The number of hydrogen-bond donors (Lipinski definition) is 1. The summed E-state index contributed by atoms with van der Waals surface area (Å²) >= 11 is 0.999. The monoisotopic (exact) mass is 421 g/mol. The fraction of sp³-hybridized carbons (Fsp3) is 0.273. The maximum Gasteiger partial charge on any atom is 0.286 e. The highest BCUT2D eigenvalue weighted by Crippen LogP contribution is 2.41. The fourth-order valence-electron chi connectivity index (χ4n) is 3.84. The Bertz CT molecular complexity index is 1080. The van der Waals surface area contributed by atoms with Gasteiger partial charge in [0.25, 0.3) is 5.24 Å². The van der Waals surface area contributed by atoms with E-state index < -0.39 is 5.25 Å². The van der Waals surface area contributed by atoms with E-state index in [1.807, 2.05) is 18.2 Å². The quantitative estimate of drug-likeness (QED) is 0.797. The maximum atomic E-state index is 12.8. The first kappa shape index (κ1) is 20.0. The van der Waals surface area contributed by atoms with Gasteiger partial charge in [-0.05, 0) is 47.7 Å². The van der Waals surface area contributed by atoms with Crippen molar-refractivity contribution in [3.05, 3.63) is 58.7 Å². The molecule has 0 aliphatic carbocycles. The molecule has 1 fully saturated rings. The van der Waals surface area contributed by atoms with Gasteiger partial charge in [0.2, 0.25) is 11.8 Å². The molecule has 4 rings (SSSR count). The van der Waals surface area contributed by atoms with Gasteiger partial charge in [-0.15, -0.1) is 0 Å². The standard InChI is InChI=1S/C22H19N3O4S/c1-29-17-8-6-15(10-18-21(27)24-22(28)30-18)16-7-9-19(26)25(20(16)17)12-14-4-2-13(11-23)3-5-14/h2-6,8,18H,7,9-10,12H2,1H3,(H,24,27,28). The largest absolute Gasteiger partial charge is 0.495 e. The van der Waals surface area contributed by atoms with E-state index in [1.165, 1.54) is 0 Å². The Morgan fingerprint density at radius 3 is 2.57 bits per heavy atom. The molecule has 0 aromatic heterocycles. The van der Waals surface area contributed by atoms with Crippen molar-refractivity contribution in [2.75, 3.05) is 12.0 Å². The van der Waals surface area contributed by atoms with Crippen LogP contribution in [0.5, 0.6) is 5.75 Å². The minimum atomic E-state index is -0.473. The van der Waals surface area contributed by atoms with E-state index in [0.29, 0.717) is 42.8 Å². The summed E-state index contributed by atoms with van der Waals surface area (Å²) < 4.78 is 5.55. The third kappa shape index (κ3) is 3.76. The summed E-state index contributed by atoms with van der Waals surface area (Å²) in [6.07, 6.45) is 1.32. The van der Waals surface area contributed by atoms with Gasteiger partial charge in [0, 0.05) is 6.42 Å². The predicted molar refractivity (Wildman–Crippen MR) is 112 cm³/mol. The maximum absolute atomic E-state index is 12.8. The minimum absolute atomic E-state index is 0.00882. The lowest BCUT2D eigenvalue weighted by atomic mass is 9.92. The van der Waals surface area contributed by atoms with Crippen molar-refractivity contribution in [2.45, 2.75) is 31.1 Å². The zero-order valence-corrected chi connectivity index (χ0v) is 17.1. The number of nitrogens with one attached hydrogen (secondary N) is 1. The Morgan fingerprint density at radius 2 is 1.93 bits per heavy atom. The summed E-state index contributed by atoms with van der Waals surface area (Å²) in [5.41, 5.74) is 4.08. The molecule has 2 aliphatic rings. The lowest BCUT2D eigenvalue weighted by Crippen LogP contribution is -2.35. The van der Waals surface area contributed by atoms with Crippen LogP contribution in [0.1, 0.15) is 28.7 Å². The molecule has 0 bridgehead atoms. The first-order valence-electron chi connectivity index (χ1n) is 9.49. The number of thioether (sulfide) groups is 1. The number of anilines is 1. The van der Waals surface area contributed by atoms with Crippen molar-refractivity contribution in [1.29, 1.82) is 5.26 Å². The molecule has 0 radical (unpaired) electrons. The minimum Gasteiger partial charge on any atom is -0.495 e.